The molecule has 0 bridgehead atoms. The molecule has 0 aliphatic carbocycles. The zero-order valence-electron chi connectivity index (χ0n) is 14.5. The van der Waals surface area contributed by atoms with E-state index in [2.05, 4.69) is 0 Å². The minimum atomic E-state index is -3.64. The van der Waals surface area contributed by atoms with E-state index in [-0.39, 0.29) is 34.4 Å². The van der Waals surface area contributed by atoms with Gasteiger partial charge in [-0.3, -0.25) is 4.79 Å². The molecule has 0 saturated carbocycles. The van der Waals surface area contributed by atoms with Crippen LogP contribution in [0.1, 0.15) is 20.8 Å². The number of hydrogen-bond acceptors (Lipinski definition) is 4. The molecule has 0 aliphatic rings. The van der Waals surface area contributed by atoms with Crippen molar-refractivity contribution in [2.45, 2.75) is 25.7 Å². The molecule has 0 aromatic heterocycles. The maximum Gasteiger partial charge on any atom is 0.226 e. The molecule has 1 unspecified atom stereocenters. The lowest BCUT2D eigenvalue weighted by Gasteiger charge is -2.30. The van der Waals surface area contributed by atoms with E-state index < -0.39 is 21.6 Å². The third-order valence-corrected chi connectivity index (χ3v) is 5.59. The van der Waals surface area contributed by atoms with Gasteiger partial charge in [0.15, 0.2) is 9.84 Å². The Kier molecular flexibility index (Phi) is 8.35. The Morgan fingerprint density at radius 3 is 2.25 bits per heavy atom. The molecule has 1 rings (SSSR count). The van der Waals surface area contributed by atoms with Gasteiger partial charge in [-0.25, -0.2) is 12.8 Å². The molecule has 0 saturated heterocycles. The summed E-state index contributed by atoms with van der Waals surface area (Å²) in [5.74, 6) is -1.76. The molecule has 0 aliphatic heterocycles. The molecule has 8 heteroatoms. The minimum Gasteiger partial charge on any atom is -0.345 e. The molecule has 2 N–H and O–H groups in total. The second kappa shape index (κ2) is 8.78. The summed E-state index contributed by atoms with van der Waals surface area (Å²) >= 11 is 0. The van der Waals surface area contributed by atoms with Crippen LogP contribution in [0, 0.1) is 17.2 Å². The fourth-order valence-electron chi connectivity index (χ4n) is 2.30. The topological polar surface area (TPSA) is 80.5 Å². The van der Waals surface area contributed by atoms with E-state index in [0.29, 0.717) is 13.1 Å². The van der Waals surface area contributed by atoms with Crippen LogP contribution in [0.5, 0.6) is 0 Å². The maximum atomic E-state index is 12.9. The molecule has 0 heterocycles. The SMILES string of the molecule is CC(CS(=O)(=O)c1ccc(F)cc1)C(=O)N(C)CC(C)(C)CN.Cl. The van der Waals surface area contributed by atoms with E-state index in [1.807, 2.05) is 13.8 Å². The summed E-state index contributed by atoms with van der Waals surface area (Å²) in [4.78, 5) is 13.9. The van der Waals surface area contributed by atoms with Crippen molar-refractivity contribution < 1.29 is 17.6 Å². The molecule has 0 radical (unpaired) electrons. The van der Waals surface area contributed by atoms with Crippen LogP contribution in [-0.4, -0.2) is 45.1 Å². The Morgan fingerprint density at radius 1 is 1.29 bits per heavy atom. The summed E-state index contributed by atoms with van der Waals surface area (Å²) in [7, 11) is -2.00. The number of rotatable bonds is 7. The van der Waals surface area contributed by atoms with Crippen LogP contribution in [-0.2, 0) is 14.6 Å². The van der Waals surface area contributed by atoms with Gasteiger partial charge >= 0.3 is 0 Å². The molecule has 1 amide bonds. The van der Waals surface area contributed by atoms with Crippen LogP contribution in [0.25, 0.3) is 0 Å². The predicted molar refractivity (Wildman–Crippen MR) is 95.3 cm³/mol. The van der Waals surface area contributed by atoms with Gasteiger partial charge in [0.25, 0.3) is 0 Å². The fraction of sp³-hybridized carbons (Fsp3) is 0.562. The standard InChI is InChI=1S/C16H25FN2O3S.ClH/c1-12(15(20)19(4)11-16(2,3)10-18)9-23(21,22)14-7-5-13(17)6-8-14;/h5-8,12H,9-11,18H2,1-4H3;1H. The third kappa shape index (κ3) is 6.37. The predicted octanol–water partition coefficient (Wildman–Crippen LogP) is 2.10. The monoisotopic (exact) mass is 380 g/mol. The largest absolute Gasteiger partial charge is 0.345 e. The van der Waals surface area contributed by atoms with Crippen molar-refractivity contribution in [3.05, 3.63) is 30.1 Å². The van der Waals surface area contributed by atoms with Crippen molar-refractivity contribution in [2.24, 2.45) is 17.1 Å². The first kappa shape index (κ1) is 22.8. The number of carbonyl (C=O) groups excluding carboxylic acids is 1. The summed E-state index contributed by atoms with van der Waals surface area (Å²) < 4.78 is 37.5. The summed E-state index contributed by atoms with van der Waals surface area (Å²) in [5, 5.41) is 0. The first-order chi connectivity index (χ1) is 10.5. The van der Waals surface area contributed by atoms with E-state index in [1.165, 1.54) is 17.0 Å². The van der Waals surface area contributed by atoms with Crippen molar-refractivity contribution in [2.75, 3.05) is 25.9 Å². The average molecular weight is 381 g/mol. The van der Waals surface area contributed by atoms with E-state index in [1.54, 1.807) is 14.0 Å². The number of sulfone groups is 1. The quantitative estimate of drug-likeness (QED) is 0.734. The lowest BCUT2D eigenvalue weighted by molar-refractivity contribution is -0.134. The number of amides is 1. The highest BCUT2D eigenvalue weighted by Crippen LogP contribution is 2.18. The number of benzene rings is 1. The molecule has 5 nitrogen and oxygen atoms in total. The zero-order chi connectivity index (χ0) is 17.8. The van der Waals surface area contributed by atoms with Crippen LogP contribution in [0.2, 0.25) is 0 Å². The molecule has 1 aromatic rings. The van der Waals surface area contributed by atoms with Crippen molar-refractivity contribution in [1.82, 2.24) is 4.90 Å². The Balaban J connectivity index is 0.00000529. The van der Waals surface area contributed by atoms with Crippen molar-refractivity contribution >= 4 is 28.2 Å². The first-order valence-corrected chi connectivity index (χ1v) is 9.07. The Hall–Kier alpha value is -1.18. The number of hydrogen-bond donors (Lipinski definition) is 1. The Bertz CT molecular complexity index is 648. The van der Waals surface area contributed by atoms with E-state index >= 15 is 0 Å². The van der Waals surface area contributed by atoms with Gasteiger partial charge in [-0.1, -0.05) is 20.8 Å². The van der Waals surface area contributed by atoms with Gasteiger partial charge in [0.05, 0.1) is 10.6 Å². The van der Waals surface area contributed by atoms with E-state index in [4.69, 9.17) is 5.73 Å². The normalized spacial score (nSPS) is 13.1. The highest BCUT2D eigenvalue weighted by Gasteiger charge is 2.28. The lowest BCUT2D eigenvalue weighted by atomic mass is 9.93. The molecule has 1 atom stereocenters. The minimum absolute atomic E-state index is 0. The smallest absolute Gasteiger partial charge is 0.226 e. The highest BCUT2D eigenvalue weighted by molar-refractivity contribution is 7.91. The summed E-state index contributed by atoms with van der Waals surface area (Å²) in [6.07, 6.45) is 0. The van der Waals surface area contributed by atoms with Crippen molar-refractivity contribution in [3.63, 3.8) is 0 Å². The van der Waals surface area contributed by atoms with Gasteiger partial charge in [0.1, 0.15) is 5.82 Å². The molecular formula is C16H26ClFN2O3S. The van der Waals surface area contributed by atoms with E-state index in [0.717, 1.165) is 12.1 Å². The number of nitrogens with two attached hydrogens (primary N) is 1. The van der Waals surface area contributed by atoms with Gasteiger partial charge in [0.2, 0.25) is 5.91 Å². The second-order valence-electron chi connectivity index (χ2n) is 6.70. The molecule has 138 valence electrons. The number of halogens is 2. The van der Waals surface area contributed by atoms with Crippen LogP contribution in [0.4, 0.5) is 4.39 Å². The van der Waals surface area contributed by atoms with Crippen LogP contribution < -0.4 is 5.73 Å². The lowest BCUT2D eigenvalue weighted by Crippen LogP contribution is -2.42. The summed E-state index contributed by atoms with van der Waals surface area (Å²) in [6.45, 7) is 6.33. The van der Waals surface area contributed by atoms with Crippen LogP contribution >= 0.6 is 12.4 Å². The third-order valence-electron chi connectivity index (χ3n) is 3.66. The zero-order valence-corrected chi connectivity index (χ0v) is 16.1. The molecule has 1 aromatic carbocycles. The molecule has 24 heavy (non-hydrogen) atoms. The van der Waals surface area contributed by atoms with E-state index in [9.17, 15) is 17.6 Å². The molecule has 0 spiro atoms. The summed E-state index contributed by atoms with van der Waals surface area (Å²) in [5.41, 5.74) is 5.42. The fourth-order valence-corrected chi connectivity index (χ4v) is 3.84. The Labute approximate surface area is 149 Å². The van der Waals surface area contributed by atoms with Gasteiger partial charge in [-0.15, -0.1) is 12.4 Å². The first-order valence-electron chi connectivity index (χ1n) is 7.42. The van der Waals surface area contributed by atoms with Gasteiger partial charge in [-0.2, -0.15) is 0 Å². The van der Waals surface area contributed by atoms with Crippen molar-refractivity contribution in [3.8, 4) is 0 Å². The second-order valence-corrected chi connectivity index (χ2v) is 8.73. The Morgan fingerprint density at radius 2 is 1.79 bits per heavy atom. The van der Waals surface area contributed by atoms with Gasteiger partial charge < -0.3 is 10.6 Å². The van der Waals surface area contributed by atoms with Gasteiger partial charge in [0, 0.05) is 19.5 Å². The van der Waals surface area contributed by atoms with Crippen LogP contribution in [0.15, 0.2) is 29.2 Å². The maximum absolute atomic E-state index is 12.9. The summed E-state index contributed by atoms with van der Waals surface area (Å²) in [6, 6.07) is 4.61. The average Bonchev–Trinajstić information content (AvgIpc) is 2.45. The molecule has 0 fully saturated rings. The van der Waals surface area contributed by atoms with Crippen molar-refractivity contribution in [1.29, 1.82) is 0 Å². The molecular weight excluding hydrogens is 355 g/mol. The van der Waals surface area contributed by atoms with Crippen LogP contribution in [0.3, 0.4) is 0 Å². The highest BCUT2D eigenvalue weighted by atomic mass is 35.5. The van der Waals surface area contributed by atoms with Gasteiger partial charge in [-0.05, 0) is 36.2 Å². The number of nitrogens with zero attached hydrogens (tertiary/aromatic N) is 1. The number of carbonyl (C=O) groups is 1.